The summed E-state index contributed by atoms with van der Waals surface area (Å²) in [6.07, 6.45) is 7.67. The summed E-state index contributed by atoms with van der Waals surface area (Å²) in [5.74, 6) is 0.789. The average molecular weight is 236 g/mol. The maximum absolute atomic E-state index is 5.66. The molecule has 1 saturated carbocycles. The molecule has 1 aromatic rings. The van der Waals surface area contributed by atoms with Crippen LogP contribution >= 0.6 is 0 Å². The molecule has 0 radical (unpaired) electrons. The van der Waals surface area contributed by atoms with Crippen molar-refractivity contribution < 1.29 is 0 Å². The van der Waals surface area contributed by atoms with Gasteiger partial charge in [0, 0.05) is 18.8 Å². The first-order chi connectivity index (χ1) is 8.15. The standard InChI is InChI=1S/C13H24N4/c1-11(2)5-6-16(13-3-4-13)7-8-17-10-12(14)9-15-17/h9-11,13H,3-8,14H2,1-2H3. The molecule has 4 nitrogen and oxygen atoms in total. The van der Waals surface area contributed by atoms with Crippen LogP contribution in [0, 0.1) is 5.92 Å². The monoisotopic (exact) mass is 236 g/mol. The van der Waals surface area contributed by atoms with E-state index in [1.54, 1.807) is 6.20 Å². The molecule has 1 aliphatic carbocycles. The molecule has 4 heteroatoms. The van der Waals surface area contributed by atoms with Crippen molar-refractivity contribution in [2.45, 2.75) is 45.7 Å². The fourth-order valence-corrected chi connectivity index (χ4v) is 2.07. The van der Waals surface area contributed by atoms with E-state index in [1.807, 2.05) is 10.9 Å². The number of nitrogens with zero attached hydrogens (tertiary/aromatic N) is 3. The summed E-state index contributed by atoms with van der Waals surface area (Å²) in [6, 6.07) is 0.835. The molecule has 0 aliphatic heterocycles. The van der Waals surface area contributed by atoms with Crippen LogP contribution in [0.3, 0.4) is 0 Å². The second kappa shape index (κ2) is 5.54. The van der Waals surface area contributed by atoms with Crippen molar-refractivity contribution in [2.24, 2.45) is 5.92 Å². The first-order valence-electron chi connectivity index (χ1n) is 6.67. The Bertz CT molecular complexity index is 341. The molecular formula is C13H24N4. The van der Waals surface area contributed by atoms with Gasteiger partial charge in [-0.25, -0.2) is 0 Å². The topological polar surface area (TPSA) is 47.1 Å². The molecule has 0 bridgehead atoms. The minimum atomic E-state index is 0.755. The Morgan fingerprint density at radius 3 is 2.76 bits per heavy atom. The zero-order valence-electron chi connectivity index (χ0n) is 11.0. The van der Waals surface area contributed by atoms with Crippen molar-refractivity contribution in [2.75, 3.05) is 18.8 Å². The maximum atomic E-state index is 5.66. The van der Waals surface area contributed by atoms with Gasteiger partial charge >= 0.3 is 0 Å². The van der Waals surface area contributed by atoms with Crippen LogP contribution in [0.4, 0.5) is 5.69 Å². The first-order valence-corrected chi connectivity index (χ1v) is 6.67. The Morgan fingerprint density at radius 1 is 1.47 bits per heavy atom. The smallest absolute Gasteiger partial charge is 0.0719 e. The van der Waals surface area contributed by atoms with Gasteiger partial charge in [-0.1, -0.05) is 13.8 Å². The van der Waals surface area contributed by atoms with Gasteiger partial charge in [0.2, 0.25) is 0 Å². The van der Waals surface area contributed by atoms with Gasteiger partial charge in [-0.05, 0) is 31.7 Å². The van der Waals surface area contributed by atoms with E-state index >= 15 is 0 Å². The fourth-order valence-electron chi connectivity index (χ4n) is 2.07. The third kappa shape index (κ3) is 4.04. The van der Waals surface area contributed by atoms with Gasteiger partial charge < -0.3 is 5.73 Å². The van der Waals surface area contributed by atoms with E-state index in [0.717, 1.165) is 30.7 Å². The lowest BCUT2D eigenvalue weighted by Crippen LogP contribution is -2.31. The van der Waals surface area contributed by atoms with E-state index in [9.17, 15) is 0 Å². The predicted octanol–water partition coefficient (Wildman–Crippen LogP) is 1.98. The summed E-state index contributed by atoms with van der Waals surface area (Å²) in [4.78, 5) is 2.61. The molecular weight excluding hydrogens is 212 g/mol. The van der Waals surface area contributed by atoms with Crippen LogP contribution in [0.25, 0.3) is 0 Å². The molecule has 1 aliphatic rings. The summed E-state index contributed by atoms with van der Waals surface area (Å²) in [7, 11) is 0. The second-order valence-corrected chi connectivity index (χ2v) is 5.49. The van der Waals surface area contributed by atoms with Gasteiger partial charge in [0.25, 0.3) is 0 Å². The first kappa shape index (κ1) is 12.4. The maximum Gasteiger partial charge on any atom is 0.0719 e. The van der Waals surface area contributed by atoms with Crippen LogP contribution in [-0.4, -0.2) is 33.8 Å². The molecule has 0 unspecified atom stereocenters. The highest BCUT2D eigenvalue weighted by Crippen LogP contribution is 2.27. The van der Waals surface area contributed by atoms with Crippen molar-refractivity contribution in [3.05, 3.63) is 12.4 Å². The van der Waals surface area contributed by atoms with Crippen LogP contribution in [0.1, 0.15) is 33.1 Å². The Balaban J connectivity index is 1.77. The molecule has 0 amide bonds. The molecule has 1 heterocycles. The van der Waals surface area contributed by atoms with E-state index in [4.69, 9.17) is 5.73 Å². The highest BCUT2D eigenvalue weighted by Gasteiger charge is 2.28. The van der Waals surface area contributed by atoms with Crippen molar-refractivity contribution in [1.29, 1.82) is 0 Å². The van der Waals surface area contributed by atoms with Crippen LogP contribution in [0.15, 0.2) is 12.4 Å². The second-order valence-electron chi connectivity index (χ2n) is 5.49. The molecule has 0 spiro atoms. The van der Waals surface area contributed by atoms with Crippen molar-refractivity contribution in [3.8, 4) is 0 Å². The third-order valence-electron chi connectivity index (χ3n) is 3.33. The van der Waals surface area contributed by atoms with E-state index < -0.39 is 0 Å². The number of hydrogen-bond acceptors (Lipinski definition) is 3. The Labute approximate surface area is 104 Å². The number of rotatable bonds is 7. The molecule has 2 N–H and O–H groups in total. The summed E-state index contributed by atoms with van der Waals surface area (Å²) >= 11 is 0. The average Bonchev–Trinajstić information content (AvgIpc) is 3.02. The lowest BCUT2D eigenvalue weighted by molar-refractivity contribution is 0.235. The molecule has 0 atom stereocenters. The molecule has 2 rings (SSSR count). The van der Waals surface area contributed by atoms with Crippen LogP contribution < -0.4 is 5.73 Å². The van der Waals surface area contributed by atoms with E-state index in [0.29, 0.717) is 0 Å². The van der Waals surface area contributed by atoms with Crippen LogP contribution in [-0.2, 0) is 6.54 Å². The summed E-state index contributed by atoms with van der Waals surface area (Å²) < 4.78 is 1.94. The Kier molecular flexibility index (Phi) is 4.05. The predicted molar refractivity (Wildman–Crippen MR) is 70.7 cm³/mol. The molecule has 1 aromatic heterocycles. The molecule has 0 saturated heterocycles. The summed E-state index contributed by atoms with van der Waals surface area (Å²) in [5.41, 5.74) is 6.41. The highest BCUT2D eigenvalue weighted by molar-refractivity contribution is 5.30. The fraction of sp³-hybridized carbons (Fsp3) is 0.769. The Morgan fingerprint density at radius 2 is 2.24 bits per heavy atom. The zero-order chi connectivity index (χ0) is 12.3. The quantitative estimate of drug-likeness (QED) is 0.787. The number of aromatic nitrogens is 2. The third-order valence-corrected chi connectivity index (χ3v) is 3.33. The SMILES string of the molecule is CC(C)CCN(CCn1cc(N)cn1)C1CC1. The van der Waals surface area contributed by atoms with Crippen molar-refractivity contribution >= 4 is 5.69 Å². The minimum Gasteiger partial charge on any atom is -0.396 e. The largest absolute Gasteiger partial charge is 0.396 e. The van der Waals surface area contributed by atoms with Gasteiger partial charge in [0.1, 0.15) is 0 Å². The van der Waals surface area contributed by atoms with Crippen molar-refractivity contribution in [1.82, 2.24) is 14.7 Å². The van der Waals surface area contributed by atoms with Crippen LogP contribution in [0.2, 0.25) is 0 Å². The molecule has 0 aromatic carbocycles. The highest BCUT2D eigenvalue weighted by atomic mass is 15.3. The lowest BCUT2D eigenvalue weighted by Gasteiger charge is -2.22. The van der Waals surface area contributed by atoms with Gasteiger partial charge in [0.15, 0.2) is 0 Å². The van der Waals surface area contributed by atoms with Gasteiger partial charge in [-0.15, -0.1) is 0 Å². The Hall–Kier alpha value is -1.03. The van der Waals surface area contributed by atoms with Crippen LogP contribution in [0.5, 0.6) is 0 Å². The number of nitrogen functional groups attached to an aromatic ring is 1. The van der Waals surface area contributed by atoms with E-state index in [1.165, 1.54) is 25.8 Å². The van der Waals surface area contributed by atoms with Gasteiger partial charge in [0.05, 0.1) is 18.4 Å². The molecule has 96 valence electrons. The molecule has 1 fully saturated rings. The van der Waals surface area contributed by atoms with Gasteiger partial charge in [-0.3, -0.25) is 9.58 Å². The zero-order valence-corrected chi connectivity index (χ0v) is 11.0. The van der Waals surface area contributed by atoms with E-state index in [-0.39, 0.29) is 0 Å². The minimum absolute atomic E-state index is 0.755. The number of hydrogen-bond donors (Lipinski definition) is 1. The lowest BCUT2D eigenvalue weighted by atomic mass is 10.1. The normalized spacial score (nSPS) is 16.0. The van der Waals surface area contributed by atoms with Crippen molar-refractivity contribution in [3.63, 3.8) is 0 Å². The summed E-state index contributed by atoms with van der Waals surface area (Å²) in [5, 5.41) is 4.23. The van der Waals surface area contributed by atoms with E-state index in [2.05, 4.69) is 23.8 Å². The molecule has 17 heavy (non-hydrogen) atoms. The van der Waals surface area contributed by atoms with Gasteiger partial charge in [-0.2, -0.15) is 5.10 Å². The summed E-state index contributed by atoms with van der Waals surface area (Å²) in [6.45, 7) is 7.85. The number of nitrogens with two attached hydrogens (primary N) is 1. The number of anilines is 1.